The van der Waals surface area contributed by atoms with Gasteiger partial charge in [0.25, 0.3) is 5.91 Å². The maximum atomic E-state index is 13.0. The molecule has 2 bridgehead atoms. The summed E-state index contributed by atoms with van der Waals surface area (Å²) in [5.74, 6) is -0.552. The summed E-state index contributed by atoms with van der Waals surface area (Å²) >= 11 is 0. The van der Waals surface area contributed by atoms with E-state index in [0.717, 1.165) is 0 Å². The highest BCUT2D eigenvalue weighted by Crippen LogP contribution is 2.71. The van der Waals surface area contributed by atoms with Crippen molar-refractivity contribution < 1.29 is 28.7 Å². The minimum absolute atomic E-state index is 0.133. The summed E-state index contributed by atoms with van der Waals surface area (Å²) in [6, 6.07) is -0.992. The Balaban J connectivity index is 1.45. The summed E-state index contributed by atoms with van der Waals surface area (Å²) < 4.78 is 10.2. The smallest absolute Gasteiger partial charge is 0.410 e. The van der Waals surface area contributed by atoms with Crippen molar-refractivity contribution in [2.24, 2.45) is 5.41 Å². The summed E-state index contributed by atoms with van der Waals surface area (Å²) in [5.41, 5.74) is -1.71. The minimum Gasteiger partial charge on any atom is -0.469 e. The van der Waals surface area contributed by atoms with Gasteiger partial charge in [-0.3, -0.25) is 14.5 Å². The van der Waals surface area contributed by atoms with Gasteiger partial charge in [0.1, 0.15) is 11.6 Å². The Morgan fingerprint density at radius 1 is 1.11 bits per heavy atom. The van der Waals surface area contributed by atoms with E-state index in [4.69, 9.17) is 9.47 Å². The van der Waals surface area contributed by atoms with Crippen LogP contribution in [0.15, 0.2) is 0 Å². The van der Waals surface area contributed by atoms with Crippen LogP contribution < -0.4 is 0 Å². The van der Waals surface area contributed by atoms with Crippen molar-refractivity contribution in [3.05, 3.63) is 0 Å². The van der Waals surface area contributed by atoms with Crippen molar-refractivity contribution in [3.8, 4) is 0 Å². The van der Waals surface area contributed by atoms with Gasteiger partial charge in [-0.25, -0.2) is 9.59 Å². The van der Waals surface area contributed by atoms with Crippen LogP contribution in [0.5, 0.6) is 0 Å². The monoisotopic (exact) mass is 379 g/mol. The number of amides is 4. The third-order valence-electron chi connectivity index (χ3n) is 6.07. The minimum atomic E-state index is -0.679. The maximum Gasteiger partial charge on any atom is 0.410 e. The van der Waals surface area contributed by atoms with Crippen LogP contribution in [-0.4, -0.2) is 82.6 Å². The molecule has 0 N–H and O–H groups in total. The number of carbonyl (C=O) groups is 4. The molecule has 4 amide bonds. The Bertz CT molecular complexity index is 722. The van der Waals surface area contributed by atoms with Gasteiger partial charge in [0.2, 0.25) is 0 Å². The fraction of sp³-hybridized carbons (Fsp3) is 0.778. The van der Waals surface area contributed by atoms with E-state index in [0.29, 0.717) is 32.4 Å². The van der Waals surface area contributed by atoms with Gasteiger partial charge < -0.3 is 19.3 Å². The maximum absolute atomic E-state index is 13.0. The summed E-state index contributed by atoms with van der Waals surface area (Å²) in [6.07, 6.45) is 0.942. The molecule has 0 aromatic heterocycles. The van der Waals surface area contributed by atoms with Crippen LogP contribution in [0.1, 0.15) is 40.0 Å². The Labute approximate surface area is 157 Å². The van der Waals surface area contributed by atoms with Crippen molar-refractivity contribution in [1.82, 2.24) is 14.7 Å². The van der Waals surface area contributed by atoms with E-state index in [-0.39, 0.29) is 24.5 Å². The number of nitrogens with zero attached hydrogens (tertiary/aromatic N) is 3. The molecule has 27 heavy (non-hydrogen) atoms. The molecule has 9 nitrogen and oxygen atoms in total. The quantitative estimate of drug-likeness (QED) is 0.524. The zero-order valence-corrected chi connectivity index (χ0v) is 16.1. The van der Waals surface area contributed by atoms with Crippen LogP contribution in [-0.2, 0) is 19.1 Å². The topological polar surface area (TPSA) is 96.5 Å². The number of carbonyl (C=O) groups excluding carboxylic acids is 4. The van der Waals surface area contributed by atoms with E-state index in [1.165, 1.54) is 21.8 Å². The van der Waals surface area contributed by atoms with E-state index in [2.05, 4.69) is 0 Å². The number of esters is 1. The summed E-state index contributed by atoms with van der Waals surface area (Å²) in [4.78, 5) is 54.4. The van der Waals surface area contributed by atoms with Crippen LogP contribution in [0.2, 0.25) is 0 Å². The van der Waals surface area contributed by atoms with E-state index < -0.39 is 28.7 Å². The Morgan fingerprint density at radius 3 is 2.30 bits per heavy atom. The molecule has 0 unspecified atom stereocenters. The predicted molar refractivity (Wildman–Crippen MR) is 91.6 cm³/mol. The summed E-state index contributed by atoms with van der Waals surface area (Å²) in [6.45, 7) is 6.11. The van der Waals surface area contributed by atoms with Crippen molar-refractivity contribution in [2.45, 2.75) is 57.2 Å². The molecule has 5 fully saturated rings. The Hall–Kier alpha value is -2.32. The highest BCUT2D eigenvalue weighted by molar-refractivity contribution is 6.06. The number of rotatable bonds is 2. The highest BCUT2D eigenvalue weighted by atomic mass is 16.6. The lowest BCUT2D eigenvalue weighted by atomic mass is 9.38. The molecule has 1 atom stereocenters. The molecule has 2 saturated heterocycles. The number of fused-ring (bicyclic) bond motifs is 1. The van der Waals surface area contributed by atoms with E-state index in [1.54, 1.807) is 20.8 Å². The molecular weight excluding hydrogens is 354 g/mol. The molecule has 0 aromatic rings. The van der Waals surface area contributed by atoms with Gasteiger partial charge in [0.05, 0.1) is 24.6 Å². The molecule has 9 heteroatoms. The Morgan fingerprint density at radius 2 is 1.74 bits per heavy atom. The first-order valence-electron chi connectivity index (χ1n) is 9.23. The number of ether oxygens (including phenoxy) is 2. The first-order valence-corrected chi connectivity index (χ1v) is 9.23. The molecule has 2 heterocycles. The second kappa shape index (κ2) is 5.36. The van der Waals surface area contributed by atoms with Crippen LogP contribution in [0, 0.1) is 5.41 Å². The number of hydrogen-bond donors (Lipinski definition) is 0. The average Bonchev–Trinajstić information content (AvgIpc) is 2.75. The first kappa shape index (κ1) is 18.1. The van der Waals surface area contributed by atoms with Crippen molar-refractivity contribution >= 4 is 24.0 Å². The van der Waals surface area contributed by atoms with Gasteiger partial charge in [0, 0.05) is 13.1 Å². The molecule has 5 rings (SSSR count). The fourth-order valence-corrected chi connectivity index (χ4v) is 4.93. The predicted octanol–water partition coefficient (Wildman–Crippen LogP) is 0.966. The molecule has 148 valence electrons. The van der Waals surface area contributed by atoms with Gasteiger partial charge in [-0.1, -0.05) is 0 Å². The molecule has 3 saturated carbocycles. The summed E-state index contributed by atoms with van der Waals surface area (Å²) in [7, 11) is 1.35. The van der Waals surface area contributed by atoms with Crippen LogP contribution in [0.4, 0.5) is 9.59 Å². The van der Waals surface area contributed by atoms with Crippen LogP contribution in [0.25, 0.3) is 0 Å². The highest BCUT2D eigenvalue weighted by Gasteiger charge is 2.78. The Kier molecular flexibility index (Phi) is 3.58. The lowest BCUT2D eigenvalue weighted by Gasteiger charge is -2.70. The van der Waals surface area contributed by atoms with E-state index >= 15 is 0 Å². The second-order valence-electron chi connectivity index (χ2n) is 9.12. The molecule has 0 radical (unpaired) electrons. The van der Waals surface area contributed by atoms with Crippen LogP contribution >= 0.6 is 0 Å². The normalized spacial score (nSPS) is 34.7. The molecule has 0 aromatic carbocycles. The van der Waals surface area contributed by atoms with Gasteiger partial charge in [0.15, 0.2) is 0 Å². The number of imide groups is 1. The number of hydrogen-bond acceptors (Lipinski definition) is 6. The van der Waals surface area contributed by atoms with Gasteiger partial charge in [-0.2, -0.15) is 0 Å². The van der Waals surface area contributed by atoms with Crippen LogP contribution in [0.3, 0.4) is 0 Å². The van der Waals surface area contributed by atoms with Gasteiger partial charge >= 0.3 is 18.1 Å². The zero-order chi connectivity index (χ0) is 19.8. The lowest BCUT2D eigenvalue weighted by Crippen LogP contribution is -2.78. The molecule has 0 spiro atoms. The number of urea groups is 1. The first-order chi connectivity index (χ1) is 12.5. The molecular formula is C18H25N3O6. The lowest BCUT2D eigenvalue weighted by molar-refractivity contribution is -0.222. The number of piperazine rings is 1. The molecule has 2 aliphatic heterocycles. The largest absolute Gasteiger partial charge is 0.469 e. The van der Waals surface area contributed by atoms with Crippen molar-refractivity contribution in [3.63, 3.8) is 0 Å². The zero-order valence-electron chi connectivity index (χ0n) is 16.1. The standard InChI is InChI=1S/C18H25N3O6/c1-16(2,3)27-15(25)19-5-6-20-11(7-19)12(22)21(14(20)24)18-8-17(9-18,10-18)13(23)26-4/h11H,5-10H2,1-4H3/t11-,17?,18?/m0/s1. The molecule has 3 aliphatic carbocycles. The SMILES string of the molecule is COC(=O)C12CC(N3C(=O)[C@@H]4CN(C(=O)OC(C)(C)C)CCN4C3=O)(C1)C2. The van der Waals surface area contributed by atoms with Gasteiger partial charge in [-0.15, -0.1) is 0 Å². The fourth-order valence-electron chi connectivity index (χ4n) is 4.93. The third-order valence-corrected chi connectivity index (χ3v) is 6.07. The summed E-state index contributed by atoms with van der Waals surface area (Å²) in [5, 5.41) is 0. The van der Waals surface area contributed by atoms with E-state index in [1.807, 2.05) is 0 Å². The van der Waals surface area contributed by atoms with Crippen molar-refractivity contribution in [2.75, 3.05) is 26.7 Å². The third kappa shape index (κ3) is 2.43. The number of methoxy groups -OCH3 is 1. The van der Waals surface area contributed by atoms with E-state index in [9.17, 15) is 19.2 Å². The van der Waals surface area contributed by atoms with Crippen molar-refractivity contribution in [1.29, 1.82) is 0 Å². The molecule has 5 aliphatic rings. The van der Waals surface area contributed by atoms with Gasteiger partial charge in [-0.05, 0) is 40.0 Å². The second-order valence-corrected chi connectivity index (χ2v) is 9.12. The average molecular weight is 379 g/mol.